The van der Waals surface area contributed by atoms with Crippen LogP contribution in [0.4, 0.5) is 13.2 Å². The number of aromatic nitrogens is 6. The van der Waals surface area contributed by atoms with Crippen molar-refractivity contribution < 1.29 is 13.2 Å². The van der Waals surface area contributed by atoms with E-state index in [-0.39, 0.29) is 17.4 Å². The van der Waals surface area contributed by atoms with Crippen molar-refractivity contribution >= 4 is 0 Å². The van der Waals surface area contributed by atoms with E-state index in [9.17, 15) is 13.2 Å². The van der Waals surface area contributed by atoms with Crippen molar-refractivity contribution in [2.45, 2.75) is 25.1 Å². The minimum atomic E-state index is -4.52. The molecule has 0 bridgehead atoms. The number of halogens is 3. The Labute approximate surface area is 99.4 Å². The van der Waals surface area contributed by atoms with Crippen LogP contribution in [0.2, 0.25) is 0 Å². The quantitative estimate of drug-likeness (QED) is 0.817. The van der Waals surface area contributed by atoms with Crippen LogP contribution in [0.1, 0.15) is 24.6 Å². The SMILES string of the molecule is Cn1cc(-c2nnnn2C2CC2)c(C(F)(F)F)n1. The molecule has 9 heteroatoms. The third-order valence-corrected chi connectivity index (χ3v) is 2.72. The Balaban J connectivity index is 2.13. The van der Waals surface area contributed by atoms with Crippen molar-refractivity contribution in [1.82, 2.24) is 30.0 Å². The van der Waals surface area contributed by atoms with Gasteiger partial charge in [-0.2, -0.15) is 18.3 Å². The largest absolute Gasteiger partial charge is 0.435 e. The summed E-state index contributed by atoms with van der Waals surface area (Å²) in [5, 5.41) is 14.3. The Morgan fingerprint density at radius 1 is 1.33 bits per heavy atom. The van der Waals surface area contributed by atoms with Crippen LogP contribution >= 0.6 is 0 Å². The molecule has 0 unspecified atom stereocenters. The number of rotatable bonds is 2. The van der Waals surface area contributed by atoms with Crippen molar-refractivity contribution in [2.75, 3.05) is 0 Å². The zero-order chi connectivity index (χ0) is 12.9. The summed E-state index contributed by atoms with van der Waals surface area (Å²) in [5.41, 5.74) is -1.04. The summed E-state index contributed by atoms with van der Waals surface area (Å²) in [6.45, 7) is 0. The molecule has 3 rings (SSSR count). The summed E-state index contributed by atoms with van der Waals surface area (Å²) in [6.07, 6.45) is -1.45. The highest BCUT2D eigenvalue weighted by Gasteiger charge is 2.40. The zero-order valence-electron chi connectivity index (χ0n) is 9.39. The molecule has 2 aromatic rings. The fraction of sp³-hybridized carbons (Fsp3) is 0.556. The lowest BCUT2D eigenvalue weighted by Gasteiger charge is -2.05. The summed E-state index contributed by atoms with van der Waals surface area (Å²) in [6, 6.07) is 0.108. The van der Waals surface area contributed by atoms with E-state index in [1.54, 1.807) is 0 Å². The molecule has 96 valence electrons. The van der Waals surface area contributed by atoms with Crippen LogP contribution in [-0.4, -0.2) is 30.0 Å². The lowest BCUT2D eigenvalue weighted by atomic mass is 10.2. The van der Waals surface area contributed by atoms with E-state index >= 15 is 0 Å². The first-order valence-corrected chi connectivity index (χ1v) is 5.36. The summed E-state index contributed by atoms with van der Waals surface area (Å²) < 4.78 is 41.1. The molecule has 1 saturated carbocycles. The first kappa shape index (κ1) is 11.2. The van der Waals surface area contributed by atoms with Crippen LogP contribution in [0.25, 0.3) is 11.4 Å². The molecular weight excluding hydrogens is 249 g/mol. The molecule has 1 aliphatic rings. The molecule has 0 saturated heterocycles. The van der Waals surface area contributed by atoms with Crippen LogP contribution in [0, 0.1) is 0 Å². The smallest absolute Gasteiger partial charge is 0.274 e. The van der Waals surface area contributed by atoms with Gasteiger partial charge in [-0.3, -0.25) is 4.68 Å². The number of nitrogens with zero attached hydrogens (tertiary/aromatic N) is 6. The highest BCUT2D eigenvalue weighted by Crippen LogP contribution is 2.39. The van der Waals surface area contributed by atoms with Crippen LogP contribution in [0.5, 0.6) is 0 Å². The second-order valence-electron chi connectivity index (χ2n) is 4.24. The average Bonchev–Trinajstić information content (AvgIpc) is 2.86. The Bertz CT molecular complexity index is 579. The number of hydrogen-bond donors (Lipinski definition) is 0. The lowest BCUT2D eigenvalue weighted by molar-refractivity contribution is -0.141. The van der Waals surface area contributed by atoms with Gasteiger partial charge in [0.25, 0.3) is 0 Å². The maximum Gasteiger partial charge on any atom is 0.435 e. The van der Waals surface area contributed by atoms with Crippen molar-refractivity contribution in [1.29, 1.82) is 0 Å². The molecule has 0 amide bonds. The van der Waals surface area contributed by atoms with E-state index in [1.165, 1.54) is 17.9 Å². The summed E-state index contributed by atoms with van der Waals surface area (Å²) >= 11 is 0. The van der Waals surface area contributed by atoms with Gasteiger partial charge in [-0.25, -0.2) is 4.68 Å². The van der Waals surface area contributed by atoms with E-state index < -0.39 is 11.9 Å². The average molecular weight is 258 g/mol. The fourth-order valence-electron chi connectivity index (χ4n) is 1.80. The van der Waals surface area contributed by atoms with Gasteiger partial charge in [-0.1, -0.05) is 0 Å². The van der Waals surface area contributed by atoms with Gasteiger partial charge in [0.15, 0.2) is 11.5 Å². The molecule has 1 aliphatic carbocycles. The van der Waals surface area contributed by atoms with Gasteiger partial charge in [0.05, 0.1) is 11.6 Å². The molecule has 0 spiro atoms. The molecule has 0 radical (unpaired) electrons. The molecule has 0 N–H and O–H groups in total. The molecule has 6 nitrogen and oxygen atoms in total. The third kappa shape index (κ3) is 1.75. The van der Waals surface area contributed by atoms with Crippen LogP contribution < -0.4 is 0 Å². The van der Waals surface area contributed by atoms with Gasteiger partial charge in [-0.15, -0.1) is 5.10 Å². The maximum absolute atomic E-state index is 12.8. The molecular formula is C9H9F3N6. The van der Waals surface area contributed by atoms with E-state index in [2.05, 4.69) is 20.6 Å². The van der Waals surface area contributed by atoms with Crippen molar-refractivity contribution in [2.24, 2.45) is 7.05 Å². The monoisotopic (exact) mass is 258 g/mol. The molecule has 18 heavy (non-hydrogen) atoms. The Morgan fingerprint density at radius 3 is 2.67 bits per heavy atom. The summed E-state index contributed by atoms with van der Waals surface area (Å²) in [5.74, 6) is 0.123. The van der Waals surface area contributed by atoms with Crippen LogP contribution in [0.15, 0.2) is 6.20 Å². The number of alkyl halides is 3. The first-order valence-electron chi connectivity index (χ1n) is 5.36. The highest BCUT2D eigenvalue weighted by molar-refractivity contribution is 5.58. The van der Waals surface area contributed by atoms with E-state index in [4.69, 9.17) is 0 Å². The van der Waals surface area contributed by atoms with Gasteiger partial charge in [0, 0.05) is 13.2 Å². The predicted octanol–water partition coefficient (Wildman–Crippen LogP) is 1.43. The molecule has 0 aliphatic heterocycles. The highest BCUT2D eigenvalue weighted by atomic mass is 19.4. The van der Waals surface area contributed by atoms with E-state index in [0.717, 1.165) is 17.5 Å². The standard InChI is InChI=1S/C9H9F3N6/c1-17-4-6(7(14-17)9(10,11)12)8-13-15-16-18(8)5-2-3-5/h4-5H,2-3H2,1H3. The molecule has 2 aromatic heterocycles. The van der Waals surface area contributed by atoms with Gasteiger partial charge in [0.1, 0.15) is 0 Å². The molecule has 1 fully saturated rings. The Hall–Kier alpha value is -1.93. The molecule has 0 aromatic carbocycles. The fourth-order valence-corrected chi connectivity index (χ4v) is 1.80. The van der Waals surface area contributed by atoms with Crippen LogP contribution in [-0.2, 0) is 13.2 Å². The number of tetrazole rings is 1. The normalized spacial score (nSPS) is 16.2. The molecule has 2 heterocycles. The van der Waals surface area contributed by atoms with Gasteiger partial charge < -0.3 is 0 Å². The Kier molecular flexibility index (Phi) is 2.19. The predicted molar refractivity (Wildman–Crippen MR) is 53.3 cm³/mol. The minimum absolute atomic E-state index is 0.0816. The van der Waals surface area contributed by atoms with Crippen molar-refractivity contribution in [3.05, 3.63) is 11.9 Å². The second kappa shape index (κ2) is 3.53. The van der Waals surface area contributed by atoms with Gasteiger partial charge in [0.2, 0.25) is 0 Å². The lowest BCUT2D eigenvalue weighted by Crippen LogP contribution is -2.10. The number of aryl methyl sites for hydroxylation is 1. The summed E-state index contributed by atoms with van der Waals surface area (Å²) in [4.78, 5) is 0. The van der Waals surface area contributed by atoms with Gasteiger partial charge >= 0.3 is 6.18 Å². The maximum atomic E-state index is 12.8. The van der Waals surface area contributed by atoms with E-state index in [0.29, 0.717) is 0 Å². The number of hydrogen-bond acceptors (Lipinski definition) is 4. The van der Waals surface area contributed by atoms with Crippen LogP contribution in [0.3, 0.4) is 0 Å². The van der Waals surface area contributed by atoms with E-state index in [1.807, 2.05) is 0 Å². The molecule has 0 atom stereocenters. The first-order chi connectivity index (χ1) is 8.47. The topological polar surface area (TPSA) is 61.4 Å². The van der Waals surface area contributed by atoms with Crippen molar-refractivity contribution in [3.8, 4) is 11.4 Å². The summed E-state index contributed by atoms with van der Waals surface area (Å²) in [7, 11) is 1.43. The Morgan fingerprint density at radius 2 is 2.06 bits per heavy atom. The van der Waals surface area contributed by atoms with Crippen molar-refractivity contribution in [3.63, 3.8) is 0 Å². The minimum Gasteiger partial charge on any atom is -0.274 e. The van der Waals surface area contributed by atoms with Gasteiger partial charge in [-0.05, 0) is 23.3 Å². The second-order valence-corrected chi connectivity index (χ2v) is 4.24. The zero-order valence-corrected chi connectivity index (χ0v) is 9.39. The third-order valence-electron chi connectivity index (χ3n) is 2.72.